The Hall–Kier alpha value is -2.29. The molecule has 0 N–H and O–H groups in total. The number of carbonyl (C=O) groups excluding carboxylic acids is 1. The maximum absolute atomic E-state index is 13.0. The summed E-state index contributed by atoms with van der Waals surface area (Å²) in [4.78, 5) is 17.2. The third-order valence-electron chi connectivity index (χ3n) is 5.13. The number of carbonyl (C=O) groups is 1. The lowest BCUT2D eigenvalue weighted by Crippen LogP contribution is -2.34. The molecule has 3 heteroatoms. The van der Waals surface area contributed by atoms with E-state index in [1.165, 1.54) is 17.5 Å². The van der Waals surface area contributed by atoms with Crippen LogP contribution in [0.5, 0.6) is 0 Å². The smallest absolute Gasteiger partial charge is 0.315 e. The van der Waals surface area contributed by atoms with Gasteiger partial charge in [-0.2, -0.15) is 0 Å². The Morgan fingerprint density at radius 2 is 1.17 bits per heavy atom. The van der Waals surface area contributed by atoms with E-state index in [9.17, 15) is 4.79 Å². The third kappa shape index (κ3) is 2.72. The highest BCUT2D eigenvalue weighted by Gasteiger charge is 2.47. The Labute approximate surface area is 137 Å². The van der Waals surface area contributed by atoms with Crippen LogP contribution in [0.25, 0.3) is 0 Å². The minimum absolute atomic E-state index is 0.201. The van der Waals surface area contributed by atoms with Crippen molar-refractivity contribution in [3.63, 3.8) is 0 Å². The zero-order valence-corrected chi connectivity index (χ0v) is 13.3. The monoisotopic (exact) mass is 306 g/mol. The number of hydrogen-bond donors (Lipinski definition) is 0. The summed E-state index contributed by atoms with van der Waals surface area (Å²) in [7, 11) is 0. The molecule has 0 radical (unpaired) electrons. The van der Waals surface area contributed by atoms with Crippen molar-refractivity contribution in [2.45, 2.75) is 44.4 Å². The van der Waals surface area contributed by atoms with Crippen LogP contribution in [0.15, 0.2) is 60.7 Å². The Balaban J connectivity index is 1.56. The van der Waals surface area contributed by atoms with E-state index in [4.69, 9.17) is 0 Å². The quantitative estimate of drug-likeness (QED) is 0.836. The Bertz CT molecular complexity index is 613. The van der Waals surface area contributed by atoms with Gasteiger partial charge in [-0.3, -0.25) is 0 Å². The predicted molar refractivity (Wildman–Crippen MR) is 90.8 cm³/mol. The molecule has 118 valence electrons. The lowest BCUT2D eigenvalue weighted by Gasteiger charge is -2.22. The van der Waals surface area contributed by atoms with Crippen LogP contribution in [-0.2, 0) is 13.1 Å². The maximum atomic E-state index is 13.0. The van der Waals surface area contributed by atoms with Gasteiger partial charge in [-0.05, 0) is 30.4 Å². The molecule has 3 nitrogen and oxygen atoms in total. The summed E-state index contributed by atoms with van der Waals surface area (Å²) < 4.78 is 0. The zero-order chi connectivity index (χ0) is 15.6. The van der Waals surface area contributed by atoms with Crippen LogP contribution in [0.2, 0.25) is 0 Å². The van der Waals surface area contributed by atoms with Crippen molar-refractivity contribution < 1.29 is 4.79 Å². The van der Waals surface area contributed by atoms with Gasteiger partial charge < -0.3 is 9.80 Å². The fourth-order valence-electron chi connectivity index (χ4n) is 4.03. The minimum Gasteiger partial charge on any atom is -0.315 e. The first-order valence-corrected chi connectivity index (χ1v) is 8.48. The van der Waals surface area contributed by atoms with E-state index in [-0.39, 0.29) is 6.03 Å². The third-order valence-corrected chi connectivity index (χ3v) is 5.13. The van der Waals surface area contributed by atoms with Crippen LogP contribution >= 0.6 is 0 Å². The van der Waals surface area contributed by atoms with Crippen molar-refractivity contribution >= 4 is 6.03 Å². The summed E-state index contributed by atoms with van der Waals surface area (Å²) in [6.07, 6.45) is 3.49. The van der Waals surface area contributed by atoms with Crippen molar-refractivity contribution in [2.24, 2.45) is 0 Å². The van der Waals surface area contributed by atoms with Gasteiger partial charge in [0, 0.05) is 13.1 Å². The maximum Gasteiger partial charge on any atom is 0.321 e. The zero-order valence-electron chi connectivity index (χ0n) is 13.3. The second kappa shape index (κ2) is 6.07. The molecular formula is C20H22N2O. The molecule has 1 aliphatic carbocycles. The molecule has 1 heterocycles. The molecule has 2 aliphatic rings. The van der Waals surface area contributed by atoms with E-state index in [2.05, 4.69) is 34.1 Å². The van der Waals surface area contributed by atoms with E-state index in [1.807, 2.05) is 36.4 Å². The number of nitrogens with zero attached hydrogens (tertiary/aromatic N) is 2. The van der Waals surface area contributed by atoms with Crippen LogP contribution in [0.3, 0.4) is 0 Å². The topological polar surface area (TPSA) is 23.6 Å². The van der Waals surface area contributed by atoms with Crippen LogP contribution in [0.4, 0.5) is 4.79 Å². The van der Waals surface area contributed by atoms with Crippen molar-refractivity contribution in [1.29, 1.82) is 0 Å². The van der Waals surface area contributed by atoms with Crippen molar-refractivity contribution in [1.82, 2.24) is 9.80 Å². The second-order valence-corrected chi connectivity index (χ2v) is 6.58. The number of rotatable bonds is 4. The fraction of sp³-hybridized carbons (Fsp3) is 0.350. The summed E-state index contributed by atoms with van der Waals surface area (Å²) >= 11 is 0. The van der Waals surface area contributed by atoms with Gasteiger partial charge in [-0.1, -0.05) is 60.7 Å². The molecule has 1 saturated carbocycles. The molecule has 0 unspecified atom stereocenters. The Kier molecular flexibility index (Phi) is 3.78. The fourth-order valence-corrected chi connectivity index (χ4v) is 4.03. The van der Waals surface area contributed by atoms with Gasteiger partial charge in [0.2, 0.25) is 0 Å². The highest BCUT2D eigenvalue weighted by molar-refractivity contribution is 5.78. The van der Waals surface area contributed by atoms with Crippen LogP contribution in [0, 0.1) is 0 Å². The van der Waals surface area contributed by atoms with Crippen molar-refractivity contribution in [2.75, 3.05) is 0 Å². The number of urea groups is 1. The van der Waals surface area contributed by atoms with E-state index in [1.54, 1.807) is 0 Å². The molecule has 2 aromatic rings. The van der Waals surface area contributed by atoms with Gasteiger partial charge >= 0.3 is 6.03 Å². The Morgan fingerprint density at radius 1 is 0.739 bits per heavy atom. The molecule has 0 spiro atoms. The summed E-state index contributed by atoms with van der Waals surface area (Å²) in [6.45, 7) is 1.46. The normalized spacial score (nSPS) is 23.4. The first kappa shape index (κ1) is 14.3. The average Bonchev–Trinajstić information content (AvgIpc) is 3.15. The average molecular weight is 306 g/mol. The molecule has 2 fully saturated rings. The largest absolute Gasteiger partial charge is 0.321 e. The van der Waals surface area contributed by atoms with Crippen molar-refractivity contribution in [3.8, 4) is 0 Å². The first-order chi connectivity index (χ1) is 11.3. The molecule has 2 aromatic carbocycles. The first-order valence-electron chi connectivity index (χ1n) is 8.48. The molecule has 1 aliphatic heterocycles. The molecule has 2 amide bonds. The molecular weight excluding hydrogens is 284 g/mol. The predicted octanol–water partition coefficient (Wildman–Crippen LogP) is 4.05. The highest BCUT2D eigenvalue weighted by atomic mass is 16.2. The summed E-state index contributed by atoms with van der Waals surface area (Å²) in [5, 5.41) is 0. The molecule has 2 atom stereocenters. The summed E-state index contributed by atoms with van der Waals surface area (Å²) in [5.74, 6) is 0. The lowest BCUT2D eigenvalue weighted by molar-refractivity contribution is 0.177. The summed E-state index contributed by atoms with van der Waals surface area (Å²) in [5.41, 5.74) is 2.43. The van der Waals surface area contributed by atoms with E-state index < -0.39 is 0 Å². The molecule has 0 bridgehead atoms. The minimum atomic E-state index is 0.201. The number of fused-ring (bicyclic) bond motifs is 1. The second-order valence-electron chi connectivity index (χ2n) is 6.58. The van der Waals surface area contributed by atoms with E-state index >= 15 is 0 Å². The van der Waals surface area contributed by atoms with Crippen LogP contribution in [0.1, 0.15) is 30.4 Å². The number of benzene rings is 2. The van der Waals surface area contributed by atoms with Gasteiger partial charge in [0.05, 0.1) is 12.1 Å². The van der Waals surface area contributed by atoms with E-state index in [0.29, 0.717) is 12.1 Å². The summed E-state index contributed by atoms with van der Waals surface area (Å²) in [6, 6.07) is 21.6. The van der Waals surface area contributed by atoms with E-state index in [0.717, 1.165) is 25.9 Å². The Morgan fingerprint density at radius 3 is 1.61 bits per heavy atom. The number of amides is 2. The van der Waals surface area contributed by atoms with Gasteiger partial charge in [-0.15, -0.1) is 0 Å². The highest BCUT2D eigenvalue weighted by Crippen LogP contribution is 2.37. The number of hydrogen-bond acceptors (Lipinski definition) is 1. The standard InChI is InChI=1S/C20H22N2O/c23-20-21(14-16-8-3-1-4-9-16)18-12-7-13-19(18)22(20)15-17-10-5-2-6-11-17/h1-6,8-11,18-19H,7,12-15H2/t18-,19+. The van der Waals surface area contributed by atoms with Crippen molar-refractivity contribution in [3.05, 3.63) is 71.8 Å². The van der Waals surface area contributed by atoms with Crippen LogP contribution in [-0.4, -0.2) is 27.9 Å². The molecule has 0 aromatic heterocycles. The SMILES string of the molecule is O=C1N(Cc2ccccc2)[C@@H]2CCC[C@@H]2N1Cc1ccccc1. The molecule has 4 rings (SSSR count). The van der Waals surface area contributed by atoms with Crippen LogP contribution < -0.4 is 0 Å². The van der Waals surface area contributed by atoms with Gasteiger partial charge in [-0.25, -0.2) is 4.79 Å². The molecule has 23 heavy (non-hydrogen) atoms. The van der Waals surface area contributed by atoms with Gasteiger partial charge in [0.25, 0.3) is 0 Å². The van der Waals surface area contributed by atoms with Gasteiger partial charge in [0.15, 0.2) is 0 Å². The molecule has 1 saturated heterocycles. The lowest BCUT2D eigenvalue weighted by atomic mass is 10.1. The van der Waals surface area contributed by atoms with Gasteiger partial charge in [0.1, 0.15) is 0 Å².